The SMILES string of the molecule is O=C(NCc1ccc2c(c1)OCO2)[C@@H]1CC[C@@H](c2ccccc2)N(C(=O)c2ccc(Cl)cc2)C1. The number of fused-ring (bicyclic) bond motifs is 1. The molecule has 34 heavy (non-hydrogen) atoms. The number of halogens is 1. The van der Waals surface area contributed by atoms with Crippen LogP contribution in [-0.2, 0) is 11.3 Å². The highest BCUT2D eigenvalue weighted by atomic mass is 35.5. The second-order valence-corrected chi connectivity index (χ2v) is 9.01. The zero-order chi connectivity index (χ0) is 23.5. The topological polar surface area (TPSA) is 67.9 Å². The van der Waals surface area contributed by atoms with Crippen LogP contribution in [0.15, 0.2) is 72.8 Å². The number of ether oxygens (including phenoxy) is 2. The standard InChI is InChI=1S/C27H25ClN2O4/c28-22-10-7-20(8-11-22)27(32)30-16-21(9-12-23(30)19-4-2-1-3-5-19)26(31)29-15-18-6-13-24-25(14-18)34-17-33-24/h1-8,10-11,13-14,21,23H,9,12,15-17H2,(H,29,31)/t21-,23+/m1/s1. The Hall–Kier alpha value is -3.51. The average Bonchev–Trinajstić information content (AvgIpc) is 3.35. The van der Waals surface area contributed by atoms with E-state index < -0.39 is 0 Å². The van der Waals surface area contributed by atoms with E-state index in [1.165, 1.54) is 0 Å². The van der Waals surface area contributed by atoms with Gasteiger partial charge >= 0.3 is 0 Å². The van der Waals surface area contributed by atoms with E-state index in [1.54, 1.807) is 24.3 Å². The van der Waals surface area contributed by atoms with E-state index in [4.69, 9.17) is 21.1 Å². The molecule has 0 unspecified atom stereocenters. The molecule has 1 fully saturated rings. The number of carbonyl (C=O) groups excluding carboxylic acids is 2. The lowest BCUT2D eigenvalue weighted by Crippen LogP contribution is -2.46. The van der Waals surface area contributed by atoms with Crippen LogP contribution >= 0.6 is 11.6 Å². The molecule has 0 aliphatic carbocycles. The van der Waals surface area contributed by atoms with Crippen molar-refractivity contribution in [3.63, 3.8) is 0 Å². The molecule has 0 spiro atoms. The Balaban J connectivity index is 1.30. The number of carbonyl (C=O) groups is 2. The van der Waals surface area contributed by atoms with E-state index in [2.05, 4.69) is 5.32 Å². The van der Waals surface area contributed by atoms with Crippen LogP contribution in [0, 0.1) is 5.92 Å². The molecule has 0 bridgehead atoms. The molecule has 0 aromatic heterocycles. The first-order chi connectivity index (χ1) is 16.6. The molecule has 2 aliphatic rings. The Bertz CT molecular complexity index is 1180. The number of likely N-dealkylation sites (tertiary alicyclic amines) is 1. The van der Waals surface area contributed by atoms with Crippen molar-refractivity contribution in [1.82, 2.24) is 10.2 Å². The summed E-state index contributed by atoms with van der Waals surface area (Å²) in [6.45, 7) is 0.959. The zero-order valence-corrected chi connectivity index (χ0v) is 19.3. The van der Waals surface area contributed by atoms with E-state index in [0.717, 1.165) is 11.1 Å². The van der Waals surface area contributed by atoms with Crippen LogP contribution in [0.1, 0.15) is 40.4 Å². The van der Waals surface area contributed by atoms with Gasteiger partial charge in [0.1, 0.15) is 0 Å². The molecule has 2 atom stereocenters. The first-order valence-corrected chi connectivity index (χ1v) is 11.7. The number of hydrogen-bond donors (Lipinski definition) is 1. The fourth-order valence-corrected chi connectivity index (χ4v) is 4.70. The third-order valence-electron chi connectivity index (χ3n) is 6.39. The molecular weight excluding hydrogens is 452 g/mol. The maximum absolute atomic E-state index is 13.5. The van der Waals surface area contributed by atoms with Gasteiger partial charge in [-0.05, 0) is 60.4 Å². The Labute approximate surface area is 203 Å². The molecule has 0 radical (unpaired) electrons. The van der Waals surface area contributed by atoms with Gasteiger partial charge in [0.2, 0.25) is 12.7 Å². The number of hydrogen-bond acceptors (Lipinski definition) is 4. The summed E-state index contributed by atoms with van der Waals surface area (Å²) in [5.74, 6) is 0.961. The quantitative estimate of drug-likeness (QED) is 0.564. The van der Waals surface area contributed by atoms with Crippen LogP contribution in [0.3, 0.4) is 0 Å². The molecule has 2 heterocycles. The second kappa shape index (κ2) is 9.77. The normalized spacial score (nSPS) is 19.0. The predicted molar refractivity (Wildman–Crippen MR) is 129 cm³/mol. The predicted octanol–water partition coefficient (Wildman–Crippen LogP) is 4.98. The number of amides is 2. The van der Waals surface area contributed by atoms with E-state index >= 15 is 0 Å². The highest BCUT2D eigenvalue weighted by molar-refractivity contribution is 6.30. The number of benzene rings is 3. The monoisotopic (exact) mass is 476 g/mol. The fraction of sp³-hybridized carbons (Fsp3) is 0.259. The maximum Gasteiger partial charge on any atom is 0.254 e. The maximum atomic E-state index is 13.5. The van der Waals surface area contributed by atoms with Gasteiger partial charge in [-0.3, -0.25) is 9.59 Å². The van der Waals surface area contributed by atoms with Gasteiger partial charge in [0.05, 0.1) is 12.0 Å². The van der Waals surface area contributed by atoms with Gasteiger partial charge in [0.25, 0.3) is 5.91 Å². The third kappa shape index (κ3) is 4.73. The summed E-state index contributed by atoms with van der Waals surface area (Å²) in [5, 5.41) is 3.61. The van der Waals surface area contributed by atoms with Crippen LogP contribution in [0.4, 0.5) is 0 Å². The highest BCUT2D eigenvalue weighted by Crippen LogP contribution is 2.35. The molecule has 2 aliphatic heterocycles. The molecule has 2 amide bonds. The van der Waals surface area contributed by atoms with Gasteiger partial charge in [-0.1, -0.05) is 48.0 Å². The summed E-state index contributed by atoms with van der Waals surface area (Å²) in [4.78, 5) is 28.4. The van der Waals surface area contributed by atoms with Gasteiger partial charge in [0, 0.05) is 23.7 Å². The second-order valence-electron chi connectivity index (χ2n) is 8.57. The van der Waals surface area contributed by atoms with Crippen molar-refractivity contribution in [3.05, 3.63) is 94.5 Å². The van der Waals surface area contributed by atoms with Gasteiger partial charge < -0.3 is 19.7 Å². The van der Waals surface area contributed by atoms with Crippen LogP contribution < -0.4 is 14.8 Å². The fourth-order valence-electron chi connectivity index (χ4n) is 4.57. The summed E-state index contributed by atoms with van der Waals surface area (Å²) in [7, 11) is 0. The van der Waals surface area contributed by atoms with Gasteiger partial charge in [-0.25, -0.2) is 0 Å². The van der Waals surface area contributed by atoms with Crippen molar-refractivity contribution in [1.29, 1.82) is 0 Å². The van der Waals surface area contributed by atoms with Crippen molar-refractivity contribution in [2.24, 2.45) is 5.92 Å². The van der Waals surface area contributed by atoms with E-state index in [-0.39, 0.29) is 30.6 Å². The first kappa shape index (κ1) is 22.3. The van der Waals surface area contributed by atoms with Crippen molar-refractivity contribution in [3.8, 4) is 11.5 Å². The summed E-state index contributed by atoms with van der Waals surface area (Å²) in [5.41, 5.74) is 2.57. The lowest BCUT2D eigenvalue weighted by molar-refractivity contribution is -0.127. The minimum absolute atomic E-state index is 0.0573. The molecule has 3 aromatic carbocycles. The zero-order valence-electron chi connectivity index (χ0n) is 18.6. The molecular formula is C27H25ClN2O4. The molecule has 3 aromatic rings. The summed E-state index contributed by atoms with van der Waals surface area (Å²) < 4.78 is 10.8. The Morgan fingerprint density at radius 1 is 0.941 bits per heavy atom. The highest BCUT2D eigenvalue weighted by Gasteiger charge is 2.36. The Morgan fingerprint density at radius 2 is 1.71 bits per heavy atom. The minimum atomic E-state index is -0.287. The lowest BCUT2D eigenvalue weighted by atomic mass is 9.87. The molecule has 5 rings (SSSR count). The third-order valence-corrected chi connectivity index (χ3v) is 6.64. The average molecular weight is 477 g/mol. The van der Waals surface area contributed by atoms with Crippen molar-refractivity contribution in [2.45, 2.75) is 25.4 Å². The van der Waals surface area contributed by atoms with Crippen LogP contribution in [0.5, 0.6) is 11.5 Å². The molecule has 1 saturated heterocycles. The number of nitrogens with one attached hydrogen (secondary N) is 1. The molecule has 0 saturated carbocycles. The minimum Gasteiger partial charge on any atom is -0.454 e. The van der Waals surface area contributed by atoms with Crippen LogP contribution in [0.25, 0.3) is 0 Å². The molecule has 174 valence electrons. The summed E-state index contributed by atoms with van der Waals surface area (Å²) in [6, 6.07) is 22.4. The summed E-state index contributed by atoms with van der Waals surface area (Å²) in [6.07, 6.45) is 1.42. The van der Waals surface area contributed by atoms with E-state index in [9.17, 15) is 9.59 Å². The summed E-state index contributed by atoms with van der Waals surface area (Å²) >= 11 is 6.02. The first-order valence-electron chi connectivity index (χ1n) is 11.4. The number of rotatable bonds is 5. The van der Waals surface area contributed by atoms with Crippen LogP contribution in [-0.4, -0.2) is 30.1 Å². The van der Waals surface area contributed by atoms with Gasteiger partial charge in [-0.2, -0.15) is 0 Å². The van der Waals surface area contributed by atoms with E-state index in [0.29, 0.717) is 48.0 Å². The smallest absolute Gasteiger partial charge is 0.254 e. The largest absolute Gasteiger partial charge is 0.454 e. The van der Waals surface area contributed by atoms with Crippen molar-refractivity contribution in [2.75, 3.05) is 13.3 Å². The molecule has 6 nitrogen and oxygen atoms in total. The Morgan fingerprint density at radius 3 is 2.50 bits per heavy atom. The Kier molecular flexibility index (Phi) is 6.41. The van der Waals surface area contributed by atoms with Gasteiger partial charge in [-0.15, -0.1) is 0 Å². The van der Waals surface area contributed by atoms with E-state index in [1.807, 2.05) is 53.4 Å². The molecule has 7 heteroatoms. The van der Waals surface area contributed by atoms with Crippen molar-refractivity contribution < 1.29 is 19.1 Å². The number of nitrogens with zero attached hydrogens (tertiary/aromatic N) is 1. The number of piperidine rings is 1. The van der Waals surface area contributed by atoms with Crippen molar-refractivity contribution >= 4 is 23.4 Å². The molecule has 1 N–H and O–H groups in total. The lowest BCUT2D eigenvalue weighted by Gasteiger charge is -2.39. The van der Waals surface area contributed by atoms with Crippen LogP contribution in [0.2, 0.25) is 5.02 Å². The van der Waals surface area contributed by atoms with Gasteiger partial charge in [0.15, 0.2) is 11.5 Å².